The zero-order chi connectivity index (χ0) is 12.8. The first-order valence-corrected chi connectivity index (χ1v) is 7.17. The molecule has 1 aromatic carbocycles. The van der Waals surface area contributed by atoms with Gasteiger partial charge in [-0.2, -0.15) is 0 Å². The van der Waals surface area contributed by atoms with E-state index in [0.29, 0.717) is 6.04 Å². The zero-order valence-corrected chi connectivity index (χ0v) is 11.6. The second-order valence-electron chi connectivity index (χ2n) is 5.58. The van der Waals surface area contributed by atoms with Crippen LogP contribution in [-0.4, -0.2) is 19.2 Å². The SMILES string of the molecule is Cc1ccc(OCC(C)NCC2CCCC2)cc1. The molecule has 1 N–H and O–H groups in total. The van der Waals surface area contributed by atoms with Crippen molar-refractivity contribution in [3.8, 4) is 5.75 Å². The summed E-state index contributed by atoms with van der Waals surface area (Å²) in [7, 11) is 0. The smallest absolute Gasteiger partial charge is 0.119 e. The molecule has 1 atom stereocenters. The Morgan fingerprint density at radius 1 is 1.22 bits per heavy atom. The van der Waals surface area contributed by atoms with E-state index in [-0.39, 0.29) is 0 Å². The van der Waals surface area contributed by atoms with Crippen LogP contribution in [0.5, 0.6) is 5.75 Å². The average Bonchev–Trinajstić information content (AvgIpc) is 2.89. The molecule has 0 spiro atoms. The molecule has 0 bridgehead atoms. The fourth-order valence-corrected chi connectivity index (χ4v) is 2.50. The lowest BCUT2D eigenvalue weighted by molar-refractivity contribution is 0.267. The molecule has 0 aromatic heterocycles. The minimum atomic E-state index is 0.423. The maximum Gasteiger partial charge on any atom is 0.119 e. The zero-order valence-electron chi connectivity index (χ0n) is 11.6. The molecule has 1 fully saturated rings. The first-order chi connectivity index (χ1) is 8.74. The molecular weight excluding hydrogens is 222 g/mol. The molecule has 0 aliphatic heterocycles. The lowest BCUT2D eigenvalue weighted by Crippen LogP contribution is -2.34. The van der Waals surface area contributed by atoms with Gasteiger partial charge in [-0.1, -0.05) is 30.5 Å². The van der Waals surface area contributed by atoms with E-state index < -0.39 is 0 Å². The third-order valence-corrected chi connectivity index (χ3v) is 3.75. The maximum atomic E-state index is 5.78. The standard InChI is InChI=1S/C16H25NO/c1-13-7-9-16(10-8-13)18-12-14(2)17-11-15-5-3-4-6-15/h7-10,14-15,17H,3-6,11-12H2,1-2H3. The molecule has 100 valence electrons. The predicted molar refractivity (Wildman–Crippen MR) is 76.1 cm³/mol. The van der Waals surface area contributed by atoms with Crippen LogP contribution in [0.15, 0.2) is 24.3 Å². The minimum absolute atomic E-state index is 0.423. The number of hydrogen-bond donors (Lipinski definition) is 1. The lowest BCUT2D eigenvalue weighted by atomic mass is 10.1. The third kappa shape index (κ3) is 4.34. The highest BCUT2D eigenvalue weighted by atomic mass is 16.5. The number of benzene rings is 1. The van der Waals surface area contributed by atoms with Crippen molar-refractivity contribution in [3.05, 3.63) is 29.8 Å². The Labute approximate surface area is 111 Å². The molecule has 2 nitrogen and oxygen atoms in total. The highest BCUT2D eigenvalue weighted by Crippen LogP contribution is 2.23. The predicted octanol–water partition coefficient (Wildman–Crippen LogP) is 3.54. The van der Waals surface area contributed by atoms with E-state index in [9.17, 15) is 0 Å². The molecule has 1 saturated carbocycles. The largest absolute Gasteiger partial charge is 0.492 e. The summed E-state index contributed by atoms with van der Waals surface area (Å²) >= 11 is 0. The summed E-state index contributed by atoms with van der Waals surface area (Å²) in [6, 6.07) is 8.68. The molecule has 1 unspecified atom stereocenters. The van der Waals surface area contributed by atoms with Gasteiger partial charge in [-0.3, -0.25) is 0 Å². The van der Waals surface area contributed by atoms with Crippen LogP contribution in [0.2, 0.25) is 0 Å². The summed E-state index contributed by atoms with van der Waals surface area (Å²) in [5.74, 6) is 1.86. The van der Waals surface area contributed by atoms with Crippen molar-refractivity contribution in [2.45, 2.75) is 45.6 Å². The summed E-state index contributed by atoms with van der Waals surface area (Å²) in [4.78, 5) is 0. The van der Waals surface area contributed by atoms with Gasteiger partial charge in [-0.25, -0.2) is 0 Å². The Hall–Kier alpha value is -1.02. The van der Waals surface area contributed by atoms with E-state index in [0.717, 1.165) is 24.8 Å². The van der Waals surface area contributed by atoms with Crippen molar-refractivity contribution in [1.82, 2.24) is 5.32 Å². The van der Waals surface area contributed by atoms with E-state index >= 15 is 0 Å². The Morgan fingerprint density at radius 3 is 2.56 bits per heavy atom. The van der Waals surface area contributed by atoms with Crippen molar-refractivity contribution >= 4 is 0 Å². The van der Waals surface area contributed by atoms with Crippen LogP contribution in [0.1, 0.15) is 38.2 Å². The highest BCUT2D eigenvalue weighted by Gasteiger charge is 2.15. The minimum Gasteiger partial charge on any atom is -0.492 e. The van der Waals surface area contributed by atoms with Gasteiger partial charge in [0.1, 0.15) is 12.4 Å². The second-order valence-corrected chi connectivity index (χ2v) is 5.58. The van der Waals surface area contributed by atoms with Gasteiger partial charge in [0, 0.05) is 6.04 Å². The van der Waals surface area contributed by atoms with Gasteiger partial charge in [0.15, 0.2) is 0 Å². The summed E-state index contributed by atoms with van der Waals surface area (Å²) in [5.41, 5.74) is 1.27. The van der Waals surface area contributed by atoms with Crippen molar-refractivity contribution in [1.29, 1.82) is 0 Å². The van der Waals surface area contributed by atoms with Crippen LogP contribution in [-0.2, 0) is 0 Å². The average molecular weight is 247 g/mol. The van der Waals surface area contributed by atoms with Crippen LogP contribution in [0.25, 0.3) is 0 Å². The van der Waals surface area contributed by atoms with Gasteiger partial charge in [-0.05, 0) is 51.3 Å². The van der Waals surface area contributed by atoms with Crippen molar-refractivity contribution < 1.29 is 4.74 Å². The maximum absolute atomic E-state index is 5.78. The topological polar surface area (TPSA) is 21.3 Å². The Balaban J connectivity index is 1.64. The first-order valence-electron chi connectivity index (χ1n) is 7.17. The van der Waals surface area contributed by atoms with Crippen molar-refractivity contribution in [2.75, 3.05) is 13.2 Å². The van der Waals surface area contributed by atoms with Gasteiger partial charge in [0.2, 0.25) is 0 Å². The van der Waals surface area contributed by atoms with E-state index in [1.165, 1.54) is 31.2 Å². The number of ether oxygens (including phenoxy) is 1. The number of hydrogen-bond acceptors (Lipinski definition) is 2. The van der Waals surface area contributed by atoms with E-state index in [2.05, 4.69) is 31.3 Å². The van der Waals surface area contributed by atoms with Crippen LogP contribution in [0.4, 0.5) is 0 Å². The molecule has 1 aromatic rings. The molecular formula is C16H25NO. The molecule has 0 heterocycles. The fraction of sp³-hybridized carbons (Fsp3) is 0.625. The van der Waals surface area contributed by atoms with Gasteiger partial charge >= 0.3 is 0 Å². The Kier molecular flexibility index (Phi) is 5.06. The summed E-state index contributed by atoms with van der Waals surface area (Å²) in [5, 5.41) is 3.58. The normalized spacial score (nSPS) is 17.9. The first kappa shape index (κ1) is 13.4. The van der Waals surface area contributed by atoms with Gasteiger partial charge < -0.3 is 10.1 Å². The van der Waals surface area contributed by atoms with Crippen LogP contribution < -0.4 is 10.1 Å². The van der Waals surface area contributed by atoms with Crippen LogP contribution in [0.3, 0.4) is 0 Å². The van der Waals surface area contributed by atoms with E-state index in [4.69, 9.17) is 4.74 Å². The molecule has 0 radical (unpaired) electrons. The number of rotatable bonds is 6. The van der Waals surface area contributed by atoms with Gasteiger partial charge in [0.25, 0.3) is 0 Å². The highest BCUT2D eigenvalue weighted by molar-refractivity contribution is 5.26. The second kappa shape index (κ2) is 6.79. The van der Waals surface area contributed by atoms with Crippen LogP contribution in [0, 0.1) is 12.8 Å². The molecule has 1 aliphatic rings. The van der Waals surface area contributed by atoms with E-state index in [1.807, 2.05) is 12.1 Å². The fourth-order valence-electron chi connectivity index (χ4n) is 2.50. The van der Waals surface area contributed by atoms with E-state index in [1.54, 1.807) is 0 Å². The molecule has 2 heteroatoms. The third-order valence-electron chi connectivity index (χ3n) is 3.75. The molecule has 0 saturated heterocycles. The van der Waals surface area contributed by atoms with Gasteiger partial charge in [-0.15, -0.1) is 0 Å². The molecule has 2 rings (SSSR count). The van der Waals surface area contributed by atoms with Gasteiger partial charge in [0.05, 0.1) is 0 Å². The Bertz CT molecular complexity index is 341. The molecule has 1 aliphatic carbocycles. The summed E-state index contributed by atoms with van der Waals surface area (Å²) < 4.78 is 5.78. The van der Waals surface area contributed by atoms with Crippen molar-refractivity contribution in [3.63, 3.8) is 0 Å². The number of aryl methyl sites for hydroxylation is 1. The van der Waals surface area contributed by atoms with Crippen LogP contribution >= 0.6 is 0 Å². The summed E-state index contributed by atoms with van der Waals surface area (Å²) in [6.45, 7) is 6.19. The molecule has 0 amide bonds. The molecule has 18 heavy (non-hydrogen) atoms. The number of nitrogens with one attached hydrogen (secondary N) is 1. The lowest BCUT2D eigenvalue weighted by Gasteiger charge is -2.17. The van der Waals surface area contributed by atoms with Crippen molar-refractivity contribution in [2.24, 2.45) is 5.92 Å². The Morgan fingerprint density at radius 2 is 1.89 bits per heavy atom. The monoisotopic (exact) mass is 247 g/mol. The summed E-state index contributed by atoms with van der Waals surface area (Å²) in [6.07, 6.45) is 5.64. The quantitative estimate of drug-likeness (QED) is 0.830.